The number of likely N-dealkylation sites (tertiary alicyclic amines) is 1. The predicted octanol–water partition coefficient (Wildman–Crippen LogP) is 1.49. The second kappa shape index (κ2) is 11.5. The Morgan fingerprint density at radius 3 is 2.59 bits per heavy atom. The molecule has 7 heteroatoms. The van der Waals surface area contributed by atoms with Gasteiger partial charge >= 0.3 is 0 Å². The molecule has 1 atom stereocenters. The van der Waals surface area contributed by atoms with Crippen LogP contribution in [-0.2, 0) is 14.3 Å². The zero-order valence-electron chi connectivity index (χ0n) is 15.7. The molecule has 1 aliphatic rings. The van der Waals surface area contributed by atoms with Gasteiger partial charge in [0.15, 0.2) is 0 Å². The number of benzene rings is 1. The summed E-state index contributed by atoms with van der Waals surface area (Å²) in [4.78, 5) is 26.6. The molecule has 0 spiro atoms. The molecule has 0 radical (unpaired) electrons. The van der Waals surface area contributed by atoms with Gasteiger partial charge in [0.05, 0.1) is 25.7 Å². The van der Waals surface area contributed by atoms with Crippen molar-refractivity contribution < 1.29 is 14.3 Å². The summed E-state index contributed by atoms with van der Waals surface area (Å²) in [5.74, 6) is -0.0274. The quantitative estimate of drug-likeness (QED) is 0.426. The smallest absolute Gasteiger partial charge is 0.224 e. The van der Waals surface area contributed by atoms with Crippen molar-refractivity contribution in [3.8, 4) is 0 Å². The van der Waals surface area contributed by atoms with Gasteiger partial charge in [-0.2, -0.15) is 0 Å². The molecule has 2 rings (SSSR count). The maximum atomic E-state index is 12.7. The number of nitrogens with one attached hydrogen (secondary N) is 2. The van der Waals surface area contributed by atoms with E-state index in [4.69, 9.17) is 15.9 Å². The van der Waals surface area contributed by atoms with E-state index in [1.54, 1.807) is 0 Å². The van der Waals surface area contributed by atoms with Gasteiger partial charge in [0.25, 0.3) is 0 Å². The second-order valence-corrected chi connectivity index (χ2v) is 6.72. The van der Waals surface area contributed by atoms with Crippen molar-refractivity contribution >= 4 is 18.0 Å². The Labute approximate surface area is 160 Å². The lowest BCUT2D eigenvalue weighted by molar-refractivity contribution is -0.136. The van der Waals surface area contributed by atoms with Crippen LogP contribution < -0.4 is 11.1 Å². The van der Waals surface area contributed by atoms with Gasteiger partial charge < -0.3 is 26.1 Å². The maximum Gasteiger partial charge on any atom is 0.224 e. The molecule has 148 valence electrons. The zero-order chi connectivity index (χ0) is 19.5. The van der Waals surface area contributed by atoms with Crippen molar-refractivity contribution in [2.45, 2.75) is 31.7 Å². The first kappa shape index (κ1) is 21.1. The van der Waals surface area contributed by atoms with Crippen LogP contribution in [0.1, 0.15) is 37.3 Å². The Kier molecular flexibility index (Phi) is 8.94. The highest BCUT2D eigenvalue weighted by atomic mass is 16.5. The van der Waals surface area contributed by atoms with Crippen LogP contribution in [0, 0.1) is 11.3 Å². The monoisotopic (exact) mass is 374 g/mol. The van der Waals surface area contributed by atoms with E-state index >= 15 is 0 Å². The minimum Gasteiger partial charge on any atom is -0.380 e. The maximum absolute atomic E-state index is 12.7. The number of ether oxygens (including phenoxy) is 1. The van der Waals surface area contributed by atoms with E-state index in [9.17, 15) is 9.59 Å². The molecule has 4 N–H and O–H groups in total. The van der Waals surface area contributed by atoms with Crippen LogP contribution in [0.4, 0.5) is 0 Å². The summed E-state index contributed by atoms with van der Waals surface area (Å²) in [7, 11) is 0. The molecule has 0 bridgehead atoms. The molecule has 1 heterocycles. The SMILES string of the molecule is N=CCC(NC(=O)C1CCN(C(=O)CCOCCN)CC1)c1ccccc1. The number of amides is 2. The average Bonchev–Trinajstić information content (AvgIpc) is 2.71. The summed E-state index contributed by atoms with van der Waals surface area (Å²) in [6.07, 6.45) is 3.47. The number of carbonyl (C=O) groups is 2. The van der Waals surface area contributed by atoms with E-state index < -0.39 is 0 Å². The van der Waals surface area contributed by atoms with Crippen molar-refractivity contribution in [3.05, 3.63) is 35.9 Å². The van der Waals surface area contributed by atoms with Crippen molar-refractivity contribution in [2.24, 2.45) is 11.7 Å². The molecule has 1 saturated heterocycles. The number of hydrogen-bond donors (Lipinski definition) is 3. The van der Waals surface area contributed by atoms with Gasteiger partial charge in [-0.3, -0.25) is 9.59 Å². The molecule has 0 saturated carbocycles. The highest BCUT2D eigenvalue weighted by Crippen LogP contribution is 2.21. The lowest BCUT2D eigenvalue weighted by Gasteiger charge is -2.32. The summed E-state index contributed by atoms with van der Waals surface area (Å²) in [5, 5.41) is 10.5. The van der Waals surface area contributed by atoms with Gasteiger partial charge in [-0.15, -0.1) is 0 Å². The van der Waals surface area contributed by atoms with Crippen molar-refractivity contribution in [3.63, 3.8) is 0 Å². The first-order valence-electron chi connectivity index (χ1n) is 9.55. The largest absolute Gasteiger partial charge is 0.380 e. The Morgan fingerprint density at radius 1 is 1.26 bits per heavy atom. The van der Waals surface area contributed by atoms with Gasteiger partial charge in [0.2, 0.25) is 11.8 Å². The van der Waals surface area contributed by atoms with Gasteiger partial charge in [-0.25, -0.2) is 0 Å². The molecular weight excluding hydrogens is 344 g/mol. The zero-order valence-corrected chi connectivity index (χ0v) is 15.7. The molecule has 0 aromatic heterocycles. The topological polar surface area (TPSA) is 109 Å². The first-order valence-corrected chi connectivity index (χ1v) is 9.55. The number of hydrogen-bond acceptors (Lipinski definition) is 5. The van der Waals surface area contributed by atoms with Gasteiger partial charge in [-0.1, -0.05) is 30.3 Å². The van der Waals surface area contributed by atoms with Crippen LogP contribution in [-0.4, -0.2) is 55.8 Å². The summed E-state index contributed by atoms with van der Waals surface area (Å²) in [5.41, 5.74) is 6.35. The third-order valence-corrected chi connectivity index (χ3v) is 4.81. The molecule has 1 fully saturated rings. The number of rotatable bonds is 10. The van der Waals surface area contributed by atoms with Crippen molar-refractivity contribution in [2.75, 3.05) is 32.8 Å². The van der Waals surface area contributed by atoms with E-state index in [2.05, 4.69) is 5.32 Å². The Morgan fingerprint density at radius 2 is 1.96 bits per heavy atom. The number of piperidine rings is 1. The highest BCUT2D eigenvalue weighted by Gasteiger charge is 2.28. The molecule has 1 aliphatic heterocycles. The van der Waals surface area contributed by atoms with Crippen LogP contribution in [0.15, 0.2) is 30.3 Å². The van der Waals surface area contributed by atoms with Gasteiger partial charge in [0, 0.05) is 32.0 Å². The third-order valence-electron chi connectivity index (χ3n) is 4.81. The van der Waals surface area contributed by atoms with Crippen LogP contribution in [0.5, 0.6) is 0 Å². The molecule has 2 amide bonds. The van der Waals surface area contributed by atoms with Crippen molar-refractivity contribution in [1.82, 2.24) is 10.2 Å². The molecule has 1 aromatic rings. The molecular formula is C20H30N4O3. The Bertz CT molecular complexity index is 601. The Hall–Kier alpha value is -2.25. The lowest BCUT2D eigenvalue weighted by atomic mass is 9.94. The van der Waals surface area contributed by atoms with Crippen LogP contribution in [0.2, 0.25) is 0 Å². The lowest BCUT2D eigenvalue weighted by Crippen LogP contribution is -2.44. The van der Waals surface area contributed by atoms with Crippen LogP contribution in [0.3, 0.4) is 0 Å². The fraction of sp³-hybridized carbons (Fsp3) is 0.550. The van der Waals surface area contributed by atoms with Crippen molar-refractivity contribution in [1.29, 1.82) is 5.41 Å². The number of nitrogens with zero attached hydrogens (tertiary/aromatic N) is 1. The average molecular weight is 374 g/mol. The summed E-state index contributed by atoms with van der Waals surface area (Å²) < 4.78 is 5.26. The molecule has 1 unspecified atom stereocenters. The standard InChI is InChI=1S/C20H30N4O3/c21-10-6-18(16-4-2-1-3-5-16)23-20(26)17-7-12-24(13-8-17)19(25)9-14-27-15-11-22/h1-5,10,17-18,21H,6-9,11-15,22H2,(H,23,26). The summed E-state index contributed by atoms with van der Waals surface area (Å²) in [6.45, 7) is 2.49. The minimum absolute atomic E-state index is 0.00378. The van der Waals surface area contributed by atoms with E-state index in [0.717, 1.165) is 5.56 Å². The number of nitrogens with two attached hydrogens (primary N) is 1. The molecule has 7 nitrogen and oxygen atoms in total. The summed E-state index contributed by atoms with van der Waals surface area (Å²) in [6, 6.07) is 9.53. The first-order chi connectivity index (χ1) is 13.2. The molecule has 0 aliphatic carbocycles. The van der Waals surface area contributed by atoms with E-state index in [1.165, 1.54) is 6.21 Å². The third kappa shape index (κ3) is 6.77. The molecule has 1 aromatic carbocycles. The summed E-state index contributed by atoms with van der Waals surface area (Å²) >= 11 is 0. The second-order valence-electron chi connectivity index (χ2n) is 6.72. The fourth-order valence-corrected chi connectivity index (χ4v) is 3.27. The van der Waals surface area contributed by atoms with Gasteiger partial charge in [0.1, 0.15) is 0 Å². The predicted molar refractivity (Wildman–Crippen MR) is 105 cm³/mol. The van der Waals surface area contributed by atoms with Gasteiger partial charge in [-0.05, 0) is 24.6 Å². The van der Waals surface area contributed by atoms with E-state index in [1.807, 2.05) is 35.2 Å². The van der Waals surface area contributed by atoms with Crippen LogP contribution in [0.25, 0.3) is 0 Å². The minimum atomic E-state index is -0.185. The molecule has 27 heavy (non-hydrogen) atoms. The Balaban J connectivity index is 1.79. The fourth-order valence-electron chi connectivity index (χ4n) is 3.27. The number of carbonyl (C=O) groups excluding carboxylic acids is 2. The van der Waals surface area contributed by atoms with E-state index in [-0.39, 0.29) is 23.8 Å². The van der Waals surface area contributed by atoms with Crippen LogP contribution >= 0.6 is 0 Å². The normalized spacial score (nSPS) is 16.0. The van der Waals surface area contributed by atoms with E-state index in [0.29, 0.717) is 58.5 Å². The highest BCUT2D eigenvalue weighted by molar-refractivity contribution is 5.80.